The highest BCUT2D eigenvalue weighted by atomic mass is 16.5. The van der Waals surface area contributed by atoms with Crippen LogP contribution in [0.1, 0.15) is 23.0 Å². The van der Waals surface area contributed by atoms with Crippen LogP contribution in [-0.4, -0.2) is 26.9 Å². The van der Waals surface area contributed by atoms with Gasteiger partial charge in [-0.3, -0.25) is 9.20 Å². The van der Waals surface area contributed by atoms with Crippen molar-refractivity contribution >= 4 is 17.4 Å². The van der Waals surface area contributed by atoms with Crippen molar-refractivity contribution < 1.29 is 9.53 Å². The lowest BCUT2D eigenvalue weighted by Gasteiger charge is -2.08. The van der Waals surface area contributed by atoms with Gasteiger partial charge in [0.1, 0.15) is 5.75 Å². The van der Waals surface area contributed by atoms with Crippen molar-refractivity contribution in [1.82, 2.24) is 14.4 Å². The van der Waals surface area contributed by atoms with Gasteiger partial charge >= 0.3 is 0 Å². The van der Waals surface area contributed by atoms with Crippen LogP contribution in [-0.2, 0) is 0 Å². The van der Waals surface area contributed by atoms with E-state index in [2.05, 4.69) is 15.3 Å². The zero-order chi connectivity index (χ0) is 19.5. The maximum Gasteiger partial charge on any atom is 0.255 e. The number of anilines is 1. The molecule has 6 heteroatoms. The summed E-state index contributed by atoms with van der Waals surface area (Å²) in [5.41, 5.74) is 4.05. The highest BCUT2D eigenvalue weighted by Crippen LogP contribution is 2.26. The van der Waals surface area contributed by atoms with E-state index in [0.29, 0.717) is 23.6 Å². The lowest BCUT2D eigenvalue weighted by Crippen LogP contribution is -2.11. The molecular formula is C22H20N4O2. The lowest BCUT2D eigenvalue weighted by atomic mass is 10.1. The minimum absolute atomic E-state index is 0.173. The number of fused-ring (bicyclic) bond motifs is 1. The van der Waals surface area contributed by atoms with Crippen LogP contribution in [0, 0.1) is 6.92 Å². The van der Waals surface area contributed by atoms with Crippen LogP contribution in [0.25, 0.3) is 17.0 Å². The number of ether oxygens (including phenoxy) is 1. The summed E-state index contributed by atoms with van der Waals surface area (Å²) in [5, 5.41) is 2.94. The fourth-order valence-corrected chi connectivity index (χ4v) is 3.09. The molecule has 0 saturated carbocycles. The normalized spacial score (nSPS) is 10.8. The summed E-state index contributed by atoms with van der Waals surface area (Å²) < 4.78 is 7.36. The van der Waals surface area contributed by atoms with Crippen LogP contribution in [0.5, 0.6) is 5.75 Å². The van der Waals surface area contributed by atoms with Gasteiger partial charge in [0.15, 0.2) is 0 Å². The molecule has 4 rings (SSSR count). The SMILES string of the molecule is CCOc1ccc(C(=O)Nc2cccc(-c3nc4ncccn4c3C)c2)cc1. The van der Waals surface area contributed by atoms with Crippen molar-refractivity contribution in [3.8, 4) is 17.0 Å². The molecule has 0 atom stereocenters. The summed E-state index contributed by atoms with van der Waals surface area (Å²) in [4.78, 5) is 21.5. The summed E-state index contributed by atoms with van der Waals surface area (Å²) in [7, 11) is 0. The number of amides is 1. The van der Waals surface area contributed by atoms with Gasteiger partial charge < -0.3 is 10.1 Å². The molecule has 4 aromatic rings. The average Bonchev–Trinajstić information content (AvgIpc) is 3.06. The van der Waals surface area contributed by atoms with Gasteiger partial charge in [0.05, 0.1) is 12.3 Å². The van der Waals surface area contributed by atoms with Crippen molar-refractivity contribution in [2.45, 2.75) is 13.8 Å². The summed E-state index contributed by atoms with van der Waals surface area (Å²) in [6, 6.07) is 16.6. The van der Waals surface area contributed by atoms with Crippen LogP contribution in [0.3, 0.4) is 0 Å². The fraction of sp³-hybridized carbons (Fsp3) is 0.136. The molecule has 0 unspecified atom stereocenters. The molecule has 140 valence electrons. The number of carbonyl (C=O) groups excluding carboxylic acids is 1. The van der Waals surface area contributed by atoms with Gasteiger partial charge in [0.25, 0.3) is 5.91 Å². The van der Waals surface area contributed by atoms with Crippen molar-refractivity contribution in [3.63, 3.8) is 0 Å². The first-order valence-electron chi connectivity index (χ1n) is 9.10. The third-order valence-electron chi connectivity index (χ3n) is 4.46. The maximum absolute atomic E-state index is 12.6. The zero-order valence-electron chi connectivity index (χ0n) is 15.7. The van der Waals surface area contributed by atoms with Gasteiger partial charge in [0, 0.05) is 34.9 Å². The number of aryl methyl sites for hydroxylation is 1. The van der Waals surface area contributed by atoms with Crippen molar-refractivity contribution in [1.29, 1.82) is 0 Å². The van der Waals surface area contributed by atoms with Gasteiger partial charge in [-0.2, -0.15) is 0 Å². The molecule has 2 aromatic heterocycles. The van der Waals surface area contributed by atoms with Gasteiger partial charge in [-0.1, -0.05) is 12.1 Å². The van der Waals surface area contributed by atoms with E-state index in [1.165, 1.54) is 0 Å². The Balaban J connectivity index is 1.58. The summed E-state index contributed by atoms with van der Waals surface area (Å²) in [6.45, 7) is 4.52. The first kappa shape index (κ1) is 17.7. The maximum atomic E-state index is 12.6. The van der Waals surface area contributed by atoms with Crippen LogP contribution >= 0.6 is 0 Å². The van der Waals surface area contributed by atoms with Gasteiger partial charge in [0.2, 0.25) is 5.78 Å². The Bertz CT molecular complexity index is 1130. The Labute approximate surface area is 162 Å². The standard InChI is InChI=1S/C22H20N4O2/c1-3-28-19-10-8-16(9-11-19)21(27)24-18-7-4-6-17(14-18)20-15(2)26-13-5-12-23-22(26)25-20/h4-14H,3H2,1-2H3,(H,24,27). The number of nitrogens with one attached hydrogen (secondary N) is 1. The molecule has 0 spiro atoms. The Morgan fingerprint density at radius 1 is 1.14 bits per heavy atom. The van der Waals surface area contributed by atoms with Crippen LogP contribution < -0.4 is 10.1 Å². The van der Waals surface area contributed by atoms with E-state index >= 15 is 0 Å². The third-order valence-corrected chi connectivity index (χ3v) is 4.46. The average molecular weight is 372 g/mol. The number of nitrogens with zero attached hydrogens (tertiary/aromatic N) is 3. The molecule has 0 aliphatic carbocycles. The Hall–Kier alpha value is -3.67. The third kappa shape index (κ3) is 3.44. The van der Waals surface area contributed by atoms with Gasteiger partial charge in [-0.25, -0.2) is 9.97 Å². The van der Waals surface area contributed by atoms with Crippen molar-refractivity contribution in [3.05, 3.63) is 78.2 Å². The zero-order valence-corrected chi connectivity index (χ0v) is 15.7. The molecule has 2 heterocycles. The van der Waals surface area contributed by atoms with E-state index in [0.717, 1.165) is 22.7 Å². The Morgan fingerprint density at radius 3 is 2.71 bits per heavy atom. The summed E-state index contributed by atoms with van der Waals surface area (Å²) >= 11 is 0. The summed E-state index contributed by atoms with van der Waals surface area (Å²) in [6.07, 6.45) is 3.66. The monoisotopic (exact) mass is 372 g/mol. The molecule has 1 N–H and O–H groups in total. The second-order valence-corrected chi connectivity index (χ2v) is 6.33. The number of aromatic nitrogens is 3. The topological polar surface area (TPSA) is 68.5 Å². The fourth-order valence-electron chi connectivity index (χ4n) is 3.09. The molecule has 0 saturated heterocycles. The van der Waals surface area contributed by atoms with Gasteiger partial charge in [-0.15, -0.1) is 0 Å². The number of hydrogen-bond acceptors (Lipinski definition) is 4. The Kier molecular flexibility index (Phi) is 4.76. The first-order valence-corrected chi connectivity index (χ1v) is 9.10. The Morgan fingerprint density at radius 2 is 1.96 bits per heavy atom. The first-order chi connectivity index (χ1) is 13.7. The second kappa shape index (κ2) is 7.52. The van der Waals surface area contributed by atoms with E-state index in [-0.39, 0.29) is 5.91 Å². The number of imidazole rings is 1. The molecule has 0 radical (unpaired) electrons. The molecule has 0 aliphatic rings. The van der Waals surface area contributed by atoms with E-state index < -0.39 is 0 Å². The largest absolute Gasteiger partial charge is 0.494 e. The molecule has 0 bridgehead atoms. The van der Waals surface area contributed by atoms with Crippen molar-refractivity contribution in [2.75, 3.05) is 11.9 Å². The lowest BCUT2D eigenvalue weighted by molar-refractivity contribution is 0.102. The molecule has 28 heavy (non-hydrogen) atoms. The number of benzene rings is 2. The van der Waals surface area contributed by atoms with E-state index in [9.17, 15) is 4.79 Å². The second-order valence-electron chi connectivity index (χ2n) is 6.33. The van der Waals surface area contributed by atoms with Crippen LogP contribution in [0.4, 0.5) is 5.69 Å². The highest BCUT2D eigenvalue weighted by Gasteiger charge is 2.12. The number of hydrogen-bond donors (Lipinski definition) is 1. The van der Waals surface area contributed by atoms with E-state index in [1.807, 2.05) is 54.8 Å². The minimum Gasteiger partial charge on any atom is -0.494 e. The molecule has 6 nitrogen and oxygen atoms in total. The smallest absolute Gasteiger partial charge is 0.255 e. The van der Waals surface area contributed by atoms with Gasteiger partial charge in [-0.05, 0) is 56.3 Å². The quantitative estimate of drug-likeness (QED) is 0.565. The van der Waals surface area contributed by atoms with E-state index in [4.69, 9.17) is 4.74 Å². The number of carbonyl (C=O) groups is 1. The molecular weight excluding hydrogens is 352 g/mol. The molecule has 2 aromatic carbocycles. The summed E-state index contributed by atoms with van der Waals surface area (Å²) in [5.74, 6) is 1.23. The van der Waals surface area contributed by atoms with Crippen LogP contribution in [0.15, 0.2) is 67.0 Å². The van der Waals surface area contributed by atoms with E-state index in [1.54, 1.807) is 30.5 Å². The molecule has 1 amide bonds. The molecule has 0 fully saturated rings. The minimum atomic E-state index is -0.173. The van der Waals surface area contributed by atoms with Crippen LogP contribution in [0.2, 0.25) is 0 Å². The molecule has 0 aliphatic heterocycles. The predicted molar refractivity (Wildman–Crippen MR) is 109 cm³/mol. The predicted octanol–water partition coefficient (Wildman–Crippen LogP) is 4.36. The highest BCUT2D eigenvalue weighted by molar-refractivity contribution is 6.04. The van der Waals surface area contributed by atoms with Crippen molar-refractivity contribution in [2.24, 2.45) is 0 Å². The number of rotatable bonds is 5.